The Morgan fingerprint density at radius 1 is 1.47 bits per heavy atom. The average molecular weight is 277 g/mol. The molecule has 0 spiro atoms. The minimum absolute atomic E-state index is 0.378. The Morgan fingerprint density at radius 3 is 2.84 bits per heavy atom. The summed E-state index contributed by atoms with van der Waals surface area (Å²) >= 11 is 6.16. The highest BCUT2D eigenvalue weighted by molar-refractivity contribution is 6.33. The molecule has 2 rings (SSSR count). The van der Waals surface area contributed by atoms with E-state index in [-0.39, 0.29) is 0 Å². The van der Waals surface area contributed by atoms with Crippen molar-refractivity contribution in [2.24, 2.45) is 0 Å². The maximum Gasteiger partial charge on any atom is 0.214 e. The number of amides is 1. The van der Waals surface area contributed by atoms with Crippen LogP contribution in [0.5, 0.6) is 0 Å². The normalized spacial score (nSPS) is 10.2. The predicted octanol–water partition coefficient (Wildman–Crippen LogP) is 3.45. The fraction of sp³-hybridized carbons (Fsp3) is 0.143. The lowest BCUT2D eigenvalue weighted by molar-refractivity contribution is -0.107. The summed E-state index contributed by atoms with van der Waals surface area (Å²) in [5.41, 5.74) is 1.90. The fourth-order valence-electron chi connectivity index (χ4n) is 1.86. The molecule has 1 amide bonds. The van der Waals surface area contributed by atoms with Crippen molar-refractivity contribution in [1.29, 1.82) is 0 Å². The molecule has 0 unspecified atom stereocenters. The highest BCUT2D eigenvalue weighted by Crippen LogP contribution is 2.36. The summed E-state index contributed by atoms with van der Waals surface area (Å²) in [6.07, 6.45) is 2.36. The van der Waals surface area contributed by atoms with Gasteiger partial charge in [0.15, 0.2) is 5.76 Å². The molecule has 0 atom stereocenters. The number of nitrogens with zero attached hydrogens (tertiary/aromatic N) is 2. The van der Waals surface area contributed by atoms with Crippen LogP contribution in [0.4, 0.5) is 5.69 Å². The lowest BCUT2D eigenvalue weighted by Gasteiger charge is -2.15. The summed E-state index contributed by atoms with van der Waals surface area (Å²) in [5.74, 6) is 0.559. The van der Waals surface area contributed by atoms with Crippen LogP contribution in [0.25, 0.3) is 11.3 Å². The smallest absolute Gasteiger partial charge is 0.214 e. The van der Waals surface area contributed by atoms with Gasteiger partial charge in [-0.25, -0.2) is 0 Å². The molecular weight excluding hydrogens is 264 g/mol. The minimum atomic E-state index is 0.378. The molecule has 1 heterocycles. The second kappa shape index (κ2) is 5.71. The number of aryl methyl sites for hydroxylation is 1. The SMILES string of the molecule is C=CCN(C=O)c1c(-c2ccccc2Cl)noc1C. The molecule has 4 nitrogen and oxygen atoms in total. The van der Waals surface area contributed by atoms with Gasteiger partial charge in [0.25, 0.3) is 0 Å². The molecule has 1 aromatic heterocycles. The Bertz CT molecular complexity index is 607. The second-order valence-electron chi connectivity index (χ2n) is 3.96. The summed E-state index contributed by atoms with van der Waals surface area (Å²) in [6.45, 7) is 5.76. The number of anilines is 1. The molecule has 19 heavy (non-hydrogen) atoms. The van der Waals surface area contributed by atoms with Crippen molar-refractivity contribution >= 4 is 23.7 Å². The number of benzene rings is 1. The number of halogens is 1. The molecule has 0 N–H and O–H groups in total. The Kier molecular flexibility index (Phi) is 4.02. The molecule has 1 aromatic carbocycles. The van der Waals surface area contributed by atoms with Crippen LogP contribution in [0, 0.1) is 6.92 Å². The summed E-state index contributed by atoms with van der Waals surface area (Å²) in [7, 11) is 0. The van der Waals surface area contributed by atoms with Crippen molar-refractivity contribution < 1.29 is 9.32 Å². The van der Waals surface area contributed by atoms with Gasteiger partial charge >= 0.3 is 0 Å². The largest absolute Gasteiger partial charge is 0.359 e. The Labute approximate surface area is 116 Å². The van der Waals surface area contributed by atoms with Crippen molar-refractivity contribution in [3.8, 4) is 11.3 Å². The van der Waals surface area contributed by atoms with Gasteiger partial charge in [-0.3, -0.25) is 4.79 Å². The molecule has 2 aromatic rings. The number of hydrogen-bond donors (Lipinski definition) is 0. The van der Waals surface area contributed by atoms with E-state index < -0.39 is 0 Å². The van der Waals surface area contributed by atoms with E-state index in [1.165, 1.54) is 4.90 Å². The zero-order valence-electron chi connectivity index (χ0n) is 10.5. The van der Waals surface area contributed by atoms with Gasteiger partial charge in [0.1, 0.15) is 11.4 Å². The molecule has 0 aliphatic rings. The van der Waals surface area contributed by atoms with Crippen molar-refractivity contribution in [3.63, 3.8) is 0 Å². The maximum absolute atomic E-state index is 11.2. The Balaban J connectivity index is 2.57. The van der Waals surface area contributed by atoms with E-state index >= 15 is 0 Å². The topological polar surface area (TPSA) is 46.3 Å². The van der Waals surface area contributed by atoms with Gasteiger partial charge in [-0.05, 0) is 13.0 Å². The van der Waals surface area contributed by atoms with Crippen LogP contribution in [-0.2, 0) is 4.79 Å². The monoisotopic (exact) mass is 276 g/mol. The van der Waals surface area contributed by atoms with Crippen LogP contribution in [0.3, 0.4) is 0 Å². The van der Waals surface area contributed by atoms with Crippen LogP contribution in [0.1, 0.15) is 5.76 Å². The quantitative estimate of drug-likeness (QED) is 0.621. The van der Waals surface area contributed by atoms with Crippen molar-refractivity contribution in [1.82, 2.24) is 5.16 Å². The molecule has 0 aliphatic carbocycles. The predicted molar refractivity (Wildman–Crippen MR) is 75.3 cm³/mol. The minimum Gasteiger partial charge on any atom is -0.359 e. The van der Waals surface area contributed by atoms with Gasteiger partial charge in [-0.2, -0.15) is 0 Å². The number of rotatable bonds is 5. The van der Waals surface area contributed by atoms with Gasteiger partial charge in [0, 0.05) is 12.1 Å². The molecule has 0 radical (unpaired) electrons. The third-order valence-electron chi connectivity index (χ3n) is 2.70. The van der Waals surface area contributed by atoms with Crippen LogP contribution in [0.15, 0.2) is 41.4 Å². The molecule has 5 heteroatoms. The van der Waals surface area contributed by atoms with Crippen molar-refractivity contribution in [3.05, 3.63) is 47.7 Å². The fourth-order valence-corrected chi connectivity index (χ4v) is 2.09. The third-order valence-corrected chi connectivity index (χ3v) is 3.03. The average Bonchev–Trinajstić information content (AvgIpc) is 2.78. The number of aromatic nitrogens is 1. The van der Waals surface area contributed by atoms with Crippen LogP contribution < -0.4 is 4.90 Å². The summed E-state index contributed by atoms with van der Waals surface area (Å²) in [6, 6.07) is 7.29. The van der Waals surface area contributed by atoms with Crippen molar-refractivity contribution in [2.45, 2.75) is 6.92 Å². The van der Waals surface area contributed by atoms with Crippen molar-refractivity contribution in [2.75, 3.05) is 11.4 Å². The van der Waals surface area contributed by atoms with E-state index in [4.69, 9.17) is 16.1 Å². The lowest BCUT2D eigenvalue weighted by atomic mass is 10.1. The van der Waals surface area contributed by atoms with E-state index in [2.05, 4.69) is 11.7 Å². The first-order chi connectivity index (χ1) is 9.19. The van der Waals surface area contributed by atoms with Crippen LogP contribution >= 0.6 is 11.6 Å². The van der Waals surface area contributed by atoms with E-state index in [1.807, 2.05) is 18.2 Å². The van der Waals surface area contributed by atoms with Gasteiger partial charge < -0.3 is 9.42 Å². The molecule has 0 fully saturated rings. The number of hydrogen-bond acceptors (Lipinski definition) is 3. The summed E-state index contributed by atoms with van der Waals surface area (Å²) in [4.78, 5) is 12.7. The van der Waals surface area contributed by atoms with Gasteiger partial charge in [0.05, 0.1) is 5.02 Å². The van der Waals surface area contributed by atoms with E-state index in [0.29, 0.717) is 28.7 Å². The second-order valence-corrected chi connectivity index (χ2v) is 4.37. The first-order valence-electron chi connectivity index (χ1n) is 5.73. The van der Waals surface area contributed by atoms with E-state index in [1.54, 1.807) is 19.1 Å². The lowest BCUT2D eigenvalue weighted by Crippen LogP contribution is -2.21. The van der Waals surface area contributed by atoms with E-state index in [0.717, 1.165) is 12.0 Å². The highest BCUT2D eigenvalue weighted by Gasteiger charge is 2.21. The standard InChI is InChI=1S/C14H13ClN2O2/c1-3-8-17(9-18)14-10(2)19-16-13(14)11-6-4-5-7-12(11)15/h3-7,9H,1,8H2,2H3. The van der Waals surface area contributed by atoms with Crippen LogP contribution in [0.2, 0.25) is 5.02 Å². The number of carbonyl (C=O) groups excluding carboxylic acids is 1. The van der Waals surface area contributed by atoms with Gasteiger partial charge in [-0.15, -0.1) is 6.58 Å². The number of carbonyl (C=O) groups is 1. The third kappa shape index (κ3) is 2.53. The first-order valence-corrected chi connectivity index (χ1v) is 6.10. The summed E-state index contributed by atoms with van der Waals surface area (Å²) in [5, 5.41) is 4.56. The maximum atomic E-state index is 11.2. The molecule has 0 aliphatic heterocycles. The van der Waals surface area contributed by atoms with E-state index in [9.17, 15) is 4.79 Å². The first kappa shape index (κ1) is 13.4. The molecular formula is C14H13ClN2O2. The Morgan fingerprint density at radius 2 is 2.21 bits per heavy atom. The molecule has 0 bridgehead atoms. The molecule has 0 saturated carbocycles. The molecule has 0 saturated heterocycles. The van der Waals surface area contributed by atoms with Gasteiger partial charge in [-0.1, -0.05) is 41.0 Å². The highest BCUT2D eigenvalue weighted by atomic mass is 35.5. The molecule has 98 valence electrons. The summed E-state index contributed by atoms with van der Waals surface area (Å²) < 4.78 is 5.19. The zero-order valence-corrected chi connectivity index (χ0v) is 11.2. The Hall–Kier alpha value is -2.07. The zero-order chi connectivity index (χ0) is 13.8. The van der Waals surface area contributed by atoms with Crippen LogP contribution in [-0.4, -0.2) is 18.1 Å². The van der Waals surface area contributed by atoms with Gasteiger partial charge in [0.2, 0.25) is 6.41 Å².